The third-order valence-corrected chi connectivity index (χ3v) is 0.737. The first-order valence-electron chi connectivity index (χ1n) is 6.22. The Balaban J connectivity index is 3.43. The summed E-state index contributed by atoms with van der Waals surface area (Å²) in [6, 6.07) is 0. The fourth-order valence-electron chi connectivity index (χ4n) is 0.368. The van der Waals surface area contributed by atoms with Crippen molar-refractivity contribution in [1.82, 2.24) is 5.32 Å². The zero-order chi connectivity index (χ0) is 13.2. The summed E-state index contributed by atoms with van der Waals surface area (Å²) in [5, 5.41) is 11.5. The number of aliphatic hydroxyl groups is 1. The van der Waals surface area contributed by atoms with Crippen LogP contribution in [-0.4, -0.2) is 23.7 Å². The second-order valence-electron chi connectivity index (χ2n) is 1.70. The van der Waals surface area contributed by atoms with Gasteiger partial charge in [0.05, 0.1) is 5.60 Å². The van der Waals surface area contributed by atoms with Gasteiger partial charge in [-0.2, -0.15) is 0 Å². The lowest BCUT2D eigenvalue weighted by molar-refractivity contribution is 0.0291. The number of nitrogens with one attached hydrogen (secondary N) is 1. The van der Waals surface area contributed by atoms with Gasteiger partial charge < -0.3 is 10.4 Å². The van der Waals surface area contributed by atoms with Gasteiger partial charge in [0.25, 0.3) is 0 Å². The summed E-state index contributed by atoms with van der Waals surface area (Å²) in [5.41, 5.74) is -2.81. The van der Waals surface area contributed by atoms with Crippen molar-refractivity contribution in [1.29, 1.82) is 0 Å². The van der Waals surface area contributed by atoms with Crippen LogP contribution in [0.5, 0.6) is 0 Å². The molecule has 0 aromatic carbocycles. The quantitative estimate of drug-likeness (QED) is 0.479. The smallest absolute Gasteiger partial charge is 0.0644 e. The molecule has 0 radical (unpaired) electrons. The molecule has 0 aromatic rings. The molecule has 2 N–H and O–H groups in total. The summed E-state index contributed by atoms with van der Waals surface area (Å²) >= 11 is 0. The number of hydrogen-bond acceptors (Lipinski definition) is 2. The molecule has 0 aromatic heterocycles. The van der Waals surface area contributed by atoms with Crippen LogP contribution in [0, 0.1) is 0 Å². The van der Waals surface area contributed by atoms with Crippen LogP contribution in [0.3, 0.4) is 0 Å². The van der Waals surface area contributed by atoms with Gasteiger partial charge in [-0.05, 0) is 32.7 Å². The highest BCUT2D eigenvalue weighted by molar-refractivity contribution is 4.78. The molecule has 2 nitrogen and oxygen atoms in total. The molecule has 1 aliphatic heterocycles. The van der Waals surface area contributed by atoms with Crippen LogP contribution in [0.25, 0.3) is 0 Å². The van der Waals surface area contributed by atoms with Crippen LogP contribution in [0.2, 0.25) is 0 Å². The molecule has 0 amide bonds. The molecule has 8 heavy (non-hydrogen) atoms. The van der Waals surface area contributed by atoms with Gasteiger partial charge in [-0.15, -0.1) is 0 Å². The lowest BCUT2D eigenvalue weighted by atomic mass is 9.95. The zero-order valence-electron chi connectivity index (χ0n) is 12.4. The number of hydrogen-bond donors (Lipinski definition) is 2. The average Bonchev–Trinajstić information content (AvgIpc) is 1.98. The summed E-state index contributed by atoms with van der Waals surface area (Å²) in [5.74, 6) is 0. The maximum Gasteiger partial charge on any atom is 0.0644 e. The SMILES string of the molecule is [2H]C1([2H])NC([2H])([2H])C([2H])([2H])C(C)(O)C1([2H])[2H]. The molecule has 2 heteroatoms. The lowest BCUT2D eigenvalue weighted by Crippen LogP contribution is -2.39. The standard InChI is InChI=1S/C6H13NO/c1-6(8)2-4-7-5-3-6/h7-8H,2-5H2,1H3/i2D2,3D2,4D2,5D2. The van der Waals surface area contributed by atoms with Crippen LogP contribution < -0.4 is 5.32 Å². The van der Waals surface area contributed by atoms with Gasteiger partial charge in [-0.3, -0.25) is 0 Å². The molecule has 1 saturated heterocycles. The predicted molar refractivity (Wildman–Crippen MR) is 32.7 cm³/mol. The normalized spacial score (nSPS) is 67.8. The minimum absolute atomic E-state index is 0.753. The summed E-state index contributed by atoms with van der Waals surface area (Å²) in [7, 11) is 0. The Morgan fingerprint density at radius 2 is 2.12 bits per heavy atom. The van der Waals surface area contributed by atoms with E-state index in [1.165, 1.54) is 0 Å². The molecular formula is C6H13NO. The maximum atomic E-state index is 9.83. The number of rotatable bonds is 0. The van der Waals surface area contributed by atoms with Crippen molar-refractivity contribution in [3.05, 3.63) is 0 Å². The highest BCUT2D eigenvalue weighted by Gasteiger charge is 2.21. The van der Waals surface area contributed by atoms with E-state index in [2.05, 4.69) is 0 Å². The fourth-order valence-corrected chi connectivity index (χ4v) is 0.368. The molecule has 0 spiro atoms. The van der Waals surface area contributed by atoms with E-state index in [0.717, 1.165) is 6.92 Å². The van der Waals surface area contributed by atoms with Crippen molar-refractivity contribution >= 4 is 0 Å². The van der Waals surface area contributed by atoms with E-state index in [9.17, 15) is 5.11 Å². The molecule has 1 rings (SSSR count). The van der Waals surface area contributed by atoms with E-state index in [-0.39, 0.29) is 0 Å². The van der Waals surface area contributed by atoms with E-state index >= 15 is 0 Å². The molecule has 0 atom stereocenters. The van der Waals surface area contributed by atoms with Gasteiger partial charge in [0.15, 0.2) is 0 Å². The van der Waals surface area contributed by atoms with Crippen LogP contribution in [0.15, 0.2) is 0 Å². The molecule has 1 fully saturated rings. The van der Waals surface area contributed by atoms with Gasteiger partial charge in [0, 0.05) is 11.0 Å². The Morgan fingerprint density at radius 1 is 1.62 bits per heavy atom. The van der Waals surface area contributed by atoms with Gasteiger partial charge in [0.2, 0.25) is 0 Å². The first kappa shape index (κ1) is 1.50. The molecule has 0 saturated carbocycles. The van der Waals surface area contributed by atoms with E-state index in [1.54, 1.807) is 5.32 Å². The lowest BCUT2D eigenvalue weighted by Gasteiger charge is -2.27. The van der Waals surface area contributed by atoms with Crippen molar-refractivity contribution in [3.63, 3.8) is 0 Å². The average molecular weight is 123 g/mol. The van der Waals surface area contributed by atoms with E-state index < -0.39 is 31.3 Å². The highest BCUT2D eigenvalue weighted by atomic mass is 16.3. The summed E-state index contributed by atoms with van der Waals surface area (Å²) in [4.78, 5) is 0. The first-order chi connectivity index (χ1) is 6.71. The van der Waals surface area contributed by atoms with Crippen LogP contribution in [0.4, 0.5) is 0 Å². The molecule has 48 valence electrons. The van der Waals surface area contributed by atoms with Gasteiger partial charge in [-0.25, -0.2) is 0 Å². The summed E-state index contributed by atoms with van der Waals surface area (Å²) in [6.45, 7) is -5.01. The molecule has 0 unspecified atom stereocenters. The molecule has 0 bridgehead atoms. The van der Waals surface area contributed by atoms with E-state index in [1.807, 2.05) is 0 Å². The van der Waals surface area contributed by atoms with Crippen molar-refractivity contribution in [3.8, 4) is 0 Å². The molecular weight excluding hydrogens is 102 g/mol. The van der Waals surface area contributed by atoms with Crippen LogP contribution in [0.1, 0.15) is 30.6 Å². The molecule has 1 heterocycles. The van der Waals surface area contributed by atoms with Crippen molar-refractivity contribution in [2.24, 2.45) is 0 Å². The second kappa shape index (κ2) is 2.03. The fraction of sp³-hybridized carbons (Fsp3) is 1.00. The Hall–Kier alpha value is -0.0800. The maximum absolute atomic E-state index is 9.83. The topological polar surface area (TPSA) is 32.3 Å². The number of piperidine rings is 1. The third kappa shape index (κ3) is 1.46. The van der Waals surface area contributed by atoms with Gasteiger partial charge >= 0.3 is 0 Å². The largest absolute Gasteiger partial charge is 0.390 e. The van der Waals surface area contributed by atoms with Gasteiger partial charge in [-0.1, -0.05) is 0 Å². The third-order valence-electron chi connectivity index (χ3n) is 0.737. The summed E-state index contributed by atoms with van der Waals surface area (Å²) < 4.78 is 59.1. The van der Waals surface area contributed by atoms with E-state index in [0.29, 0.717) is 0 Å². The Bertz CT molecular complexity index is 284. The zero-order valence-corrected chi connectivity index (χ0v) is 4.45. The van der Waals surface area contributed by atoms with Crippen molar-refractivity contribution in [2.45, 2.75) is 25.3 Å². The van der Waals surface area contributed by atoms with Gasteiger partial charge in [0.1, 0.15) is 0 Å². The second-order valence-corrected chi connectivity index (χ2v) is 1.70. The minimum atomic E-state index is -2.98. The molecule has 1 aliphatic rings. The Kier molecular flexibility index (Phi) is 0.380. The Morgan fingerprint density at radius 3 is 2.62 bits per heavy atom. The highest BCUT2D eigenvalue weighted by Crippen LogP contribution is 2.15. The van der Waals surface area contributed by atoms with Crippen molar-refractivity contribution < 1.29 is 16.1 Å². The van der Waals surface area contributed by atoms with Crippen molar-refractivity contribution in [2.75, 3.05) is 13.0 Å². The van der Waals surface area contributed by atoms with Crippen LogP contribution in [-0.2, 0) is 0 Å². The Labute approximate surface area is 61.1 Å². The monoisotopic (exact) mass is 123 g/mol. The van der Waals surface area contributed by atoms with Crippen LogP contribution >= 0.6 is 0 Å². The minimum Gasteiger partial charge on any atom is -0.390 e. The molecule has 0 aliphatic carbocycles. The summed E-state index contributed by atoms with van der Waals surface area (Å²) in [6.07, 6.45) is -5.95. The predicted octanol–water partition coefficient (Wildman–Crippen LogP) is 0.121. The van der Waals surface area contributed by atoms with E-state index in [4.69, 9.17) is 11.0 Å². The first-order valence-corrected chi connectivity index (χ1v) is 2.22.